The molecule has 3 saturated heterocycles. The zero-order valence-corrected chi connectivity index (χ0v) is 24.3. The molecule has 43 heavy (non-hydrogen) atoms. The van der Waals surface area contributed by atoms with Gasteiger partial charge in [0.1, 0.15) is 29.3 Å². The molecule has 6 bridgehead atoms. The topological polar surface area (TPSA) is 99.1 Å². The molecule has 0 spiro atoms. The molecule has 1 unspecified atom stereocenters. The number of halogens is 3. The molecule has 3 aromatic rings. The molecule has 13 heteroatoms. The van der Waals surface area contributed by atoms with E-state index in [0.717, 1.165) is 19.4 Å². The molecule has 7 heterocycles. The first kappa shape index (κ1) is 28.4. The molecule has 10 nitrogen and oxygen atoms in total. The summed E-state index contributed by atoms with van der Waals surface area (Å²) in [6, 6.07) is 5.27. The minimum atomic E-state index is -1.02. The van der Waals surface area contributed by atoms with Gasteiger partial charge in [0, 0.05) is 41.8 Å². The van der Waals surface area contributed by atoms with Crippen molar-refractivity contribution in [2.24, 2.45) is 5.92 Å². The Kier molecular flexibility index (Phi) is 7.91. The predicted molar refractivity (Wildman–Crippen MR) is 154 cm³/mol. The zero-order chi connectivity index (χ0) is 29.5. The molecular weight excluding hydrogens is 584 g/mol. The maximum atomic E-state index is 16.5. The Morgan fingerprint density at radius 1 is 1.14 bits per heavy atom. The van der Waals surface area contributed by atoms with Crippen LogP contribution in [0.5, 0.6) is 6.01 Å². The number of rotatable bonds is 3. The molecule has 228 valence electrons. The number of anilines is 1. The number of nitrogens with zero attached hydrogens (tertiary/aromatic N) is 5. The first-order valence-corrected chi connectivity index (χ1v) is 15.1. The molecule has 8 rings (SSSR count). The highest BCUT2D eigenvalue weighted by atomic mass is 35.5. The van der Waals surface area contributed by atoms with Crippen LogP contribution in [0, 0.1) is 11.7 Å². The number of aromatic nitrogens is 3. The Morgan fingerprint density at radius 2 is 2.05 bits per heavy atom. The van der Waals surface area contributed by atoms with E-state index < -0.39 is 24.2 Å². The third-order valence-electron chi connectivity index (χ3n) is 8.79. The zero-order valence-electron chi connectivity index (χ0n) is 23.5. The molecule has 5 aliphatic rings. The maximum absolute atomic E-state index is 16.5. The van der Waals surface area contributed by atoms with Crippen molar-refractivity contribution in [2.45, 2.75) is 44.0 Å². The molecular formula is C30H32ClF2N5O5. The van der Waals surface area contributed by atoms with Crippen molar-refractivity contribution in [3.63, 3.8) is 0 Å². The largest absolute Gasteiger partial charge is 0.508 e. The van der Waals surface area contributed by atoms with Crippen LogP contribution in [0.4, 0.5) is 19.4 Å². The molecule has 2 aromatic heterocycles. The molecule has 0 N–H and O–H groups in total. The number of hydrogen-bond acceptors (Lipinski definition) is 10. The Hall–Kier alpha value is -3.35. The Bertz CT molecular complexity index is 1530. The lowest BCUT2D eigenvalue weighted by atomic mass is 9.98. The molecule has 1 aromatic carbocycles. The molecule has 4 atom stereocenters. The second-order valence-electron chi connectivity index (χ2n) is 11.4. The lowest BCUT2D eigenvalue weighted by molar-refractivity contribution is -0.00448. The second kappa shape index (κ2) is 12.0. The van der Waals surface area contributed by atoms with Crippen molar-refractivity contribution >= 4 is 34.5 Å². The van der Waals surface area contributed by atoms with Crippen LogP contribution in [0.15, 0.2) is 24.4 Å². The van der Waals surface area contributed by atoms with Gasteiger partial charge in [0.15, 0.2) is 5.82 Å². The number of hydrogen-bond donors (Lipinski definition) is 0. The number of fused-ring (bicyclic) bond motifs is 7. The first-order valence-electron chi connectivity index (χ1n) is 14.8. The maximum Gasteiger partial charge on any atom is 0.508 e. The van der Waals surface area contributed by atoms with Crippen molar-refractivity contribution in [1.82, 2.24) is 19.9 Å². The fourth-order valence-electron chi connectivity index (χ4n) is 6.72. The minimum absolute atomic E-state index is 0.0239. The summed E-state index contributed by atoms with van der Waals surface area (Å²) in [5, 5.41) is 0.807. The quantitative estimate of drug-likeness (QED) is 0.389. The molecule has 0 radical (unpaired) electrons. The fraction of sp³-hybridized carbons (Fsp3) is 0.533. The first-order chi connectivity index (χ1) is 21.0. The summed E-state index contributed by atoms with van der Waals surface area (Å²) in [4.78, 5) is 30.2. The van der Waals surface area contributed by atoms with Gasteiger partial charge in [-0.3, -0.25) is 9.88 Å². The monoisotopic (exact) mass is 615 g/mol. The summed E-state index contributed by atoms with van der Waals surface area (Å²) in [6.45, 7) is 2.53. The van der Waals surface area contributed by atoms with E-state index in [-0.39, 0.29) is 55.5 Å². The van der Waals surface area contributed by atoms with E-state index in [1.807, 2.05) is 4.90 Å². The molecule has 5 aliphatic heterocycles. The highest BCUT2D eigenvalue weighted by Gasteiger charge is 2.44. The van der Waals surface area contributed by atoms with Gasteiger partial charge in [0.2, 0.25) is 0 Å². The lowest BCUT2D eigenvalue weighted by Crippen LogP contribution is -2.36. The smallest absolute Gasteiger partial charge is 0.463 e. The summed E-state index contributed by atoms with van der Waals surface area (Å²) < 4.78 is 54.1. The fourth-order valence-corrected chi connectivity index (χ4v) is 6.99. The van der Waals surface area contributed by atoms with Crippen LogP contribution in [-0.4, -0.2) is 96.9 Å². The van der Waals surface area contributed by atoms with E-state index >= 15 is 4.39 Å². The van der Waals surface area contributed by atoms with Crippen molar-refractivity contribution in [3.8, 4) is 17.3 Å². The van der Waals surface area contributed by atoms with Gasteiger partial charge in [-0.15, -0.1) is 0 Å². The summed E-state index contributed by atoms with van der Waals surface area (Å²) in [7, 11) is 0. The molecule has 0 aliphatic carbocycles. The number of ether oxygens (including phenoxy) is 4. The number of pyridine rings is 1. The van der Waals surface area contributed by atoms with Crippen LogP contribution < -0.4 is 9.64 Å². The van der Waals surface area contributed by atoms with Crippen LogP contribution in [0.2, 0.25) is 5.02 Å². The average molecular weight is 616 g/mol. The van der Waals surface area contributed by atoms with E-state index in [1.54, 1.807) is 24.4 Å². The SMILES string of the molecule is O=C1OCCCc2c(Cl)cccc2-c2ncc3c(nc(OC[C@H]4C5CCCN5C[C@@H]4F)nc3c2F)N2CCOC[C@H](C2)O1. The van der Waals surface area contributed by atoms with E-state index in [4.69, 9.17) is 30.5 Å². The summed E-state index contributed by atoms with van der Waals surface area (Å²) >= 11 is 6.55. The average Bonchev–Trinajstić information content (AvgIpc) is 3.47. The Labute approximate surface area is 252 Å². The second-order valence-corrected chi connectivity index (χ2v) is 11.8. The van der Waals surface area contributed by atoms with Crippen molar-refractivity contribution in [3.05, 3.63) is 40.8 Å². The van der Waals surface area contributed by atoms with Crippen molar-refractivity contribution < 1.29 is 32.5 Å². The van der Waals surface area contributed by atoms with Crippen LogP contribution >= 0.6 is 11.6 Å². The molecule has 3 fully saturated rings. The van der Waals surface area contributed by atoms with Crippen LogP contribution in [-0.2, 0) is 20.6 Å². The molecule has 0 amide bonds. The summed E-state index contributed by atoms with van der Waals surface area (Å²) in [6.07, 6.45) is 1.87. The van der Waals surface area contributed by atoms with Crippen LogP contribution in [0.1, 0.15) is 24.8 Å². The van der Waals surface area contributed by atoms with Crippen molar-refractivity contribution in [2.75, 3.05) is 57.5 Å². The Morgan fingerprint density at radius 3 is 2.95 bits per heavy atom. The Balaban J connectivity index is 1.33. The van der Waals surface area contributed by atoms with Gasteiger partial charge in [-0.2, -0.15) is 9.97 Å². The van der Waals surface area contributed by atoms with Crippen LogP contribution in [0.25, 0.3) is 22.2 Å². The highest BCUT2D eigenvalue weighted by molar-refractivity contribution is 6.31. The van der Waals surface area contributed by atoms with Gasteiger partial charge in [0.25, 0.3) is 0 Å². The van der Waals surface area contributed by atoms with E-state index in [9.17, 15) is 9.18 Å². The summed E-state index contributed by atoms with van der Waals surface area (Å²) in [5.41, 5.74) is 1.30. The predicted octanol–water partition coefficient (Wildman–Crippen LogP) is 4.60. The third kappa shape index (κ3) is 5.56. The normalized spacial score (nSPS) is 26.2. The summed E-state index contributed by atoms with van der Waals surface area (Å²) in [5.74, 6) is -0.606. The van der Waals surface area contributed by atoms with Crippen LogP contribution in [0.3, 0.4) is 0 Å². The van der Waals surface area contributed by atoms with Gasteiger partial charge in [-0.25, -0.2) is 13.6 Å². The number of carbonyl (C=O) groups is 1. The van der Waals surface area contributed by atoms with E-state index in [2.05, 4.69) is 19.9 Å². The van der Waals surface area contributed by atoms with E-state index in [1.165, 1.54) is 0 Å². The number of benzene rings is 1. The number of carbonyl (C=O) groups excluding carboxylic acids is 1. The molecule has 0 saturated carbocycles. The highest BCUT2D eigenvalue weighted by Crippen LogP contribution is 2.37. The van der Waals surface area contributed by atoms with Gasteiger partial charge in [-0.1, -0.05) is 23.7 Å². The standard InChI is InChI=1S/C30H32ClF2N5O5/c31-22-6-1-4-19-18(22)5-3-10-41-30(39)43-17-13-38(9-11-40-15-17)28-20-12-34-26(19)25(33)27(20)35-29(36-28)42-16-21-23(32)14-37-8-2-7-24(21)37/h1,4,6,12,17,21,23-24H,2-3,5,7-11,13-16H2/t17-,21+,23-,24?/m0/s1. The van der Waals surface area contributed by atoms with E-state index in [0.29, 0.717) is 59.9 Å². The van der Waals surface area contributed by atoms with Crippen molar-refractivity contribution in [1.29, 1.82) is 0 Å². The van der Waals surface area contributed by atoms with Gasteiger partial charge >= 0.3 is 12.2 Å². The number of alkyl halides is 1. The van der Waals surface area contributed by atoms with Gasteiger partial charge in [-0.05, 0) is 43.9 Å². The minimum Gasteiger partial charge on any atom is -0.463 e. The third-order valence-corrected chi connectivity index (χ3v) is 9.15. The van der Waals surface area contributed by atoms with Gasteiger partial charge < -0.3 is 23.8 Å². The van der Waals surface area contributed by atoms with Gasteiger partial charge in [0.05, 0.1) is 38.4 Å². The lowest BCUT2D eigenvalue weighted by Gasteiger charge is -2.26.